The summed E-state index contributed by atoms with van der Waals surface area (Å²) in [5.41, 5.74) is 0.709. The summed E-state index contributed by atoms with van der Waals surface area (Å²) in [4.78, 5) is 0. The second-order valence-corrected chi connectivity index (χ2v) is 5.08. The fraction of sp³-hybridized carbons (Fsp3) is 0.455. The van der Waals surface area contributed by atoms with Gasteiger partial charge < -0.3 is 4.74 Å². The van der Waals surface area contributed by atoms with E-state index in [-0.39, 0.29) is 0 Å². The zero-order valence-corrected chi connectivity index (χ0v) is 12.1. The minimum absolute atomic E-state index is 0.315. The molecule has 2 atom stereocenters. The number of ether oxygens (including phenoxy) is 1. The predicted octanol–water partition coefficient (Wildman–Crippen LogP) is 4.85. The number of hydrogen-bond donors (Lipinski definition) is 0. The molecule has 0 saturated carbocycles. The van der Waals surface area contributed by atoms with Gasteiger partial charge in [-0.2, -0.15) is 13.2 Å². The van der Waals surface area contributed by atoms with Crippen molar-refractivity contribution in [3.63, 3.8) is 0 Å². The highest BCUT2D eigenvalue weighted by Crippen LogP contribution is 2.29. The maximum Gasteiger partial charge on any atom is 0.414 e. The molecule has 96 valence electrons. The molecule has 1 rings (SSSR count). The summed E-state index contributed by atoms with van der Waals surface area (Å²) in [5.74, 6) is 0. The average Bonchev–Trinajstić information content (AvgIpc) is 2.25. The van der Waals surface area contributed by atoms with Crippen molar-refractivity contribution in [2.24, 2.45) is 0 Å². The minimum atomic E-state index is -4.34. The monoisotopic (exact) mass is 374 g/mol. The standard InChI is InChI=1S/C11H11Br2F3O/c1-7(11(14,15)16)17-10(6-12)8-2-4-9(13)5-3-8/h2-5,7,10H,6H2,1H3. The van der Waals surface area contributed by atoms with E-state index in [9.17, 15) is 13.2 Å². The van der Waals surface area contributed by atoms with Crippen LogP contribution < -0.4 is 0 Å². The van der Waals surface area contributed by atoms with Gasteiger partial charge in [0.05, 0.1) is 6.10 Å². The normalized spacial score (nSPS) is 15.6. The van der Waals surface area contributed by atoms with Crippen LogP contribution in [0.2, 0.25) is 0 Å². The molecule has 0 heterocycles. The molecule has 0 fully saturated rings. The van der Waals surface area contributed by atoms with Crippen molar-refractivity contribution >= 4 is 31.9 Å². The van der Waals surface area contributed by atoms with Crippen molar-refractivity contribution in [2.45, 2.75) is 25.3 Å². The van der Waals surface area contributed by atoms with Crippen molar-refractivity contribution in [2.75, 3.05) is 5.33 Å². The largest absolute Gasteiger partial charge is 0.414 e. The van der Waals surface area contributed by atoms with Gasteiger partial charge in [-0.3, -0.25) is 0 Å². The first-order chi connectivity index (χ1) is 7.84. The maximum atomic E-state index is 12.4. The van der Waals surface area contributed by atoms with E-state index >= 15 is 0 Å². The molecular formula is C11H11Br2F3O. The minimum Gasteiger partial charge on any atom is -0.360 e. The van der Waals surface area contributed by atoms with E-state index in [0.29, 0.717) is 10.9 Å². The number of alkyl halides is 4. The van der Waals surface area contributed by atoms with Gasteiger partial charge in [0.1, 0.15) is 0 Å². The summed E-state index contributed by atoms with van der Waals surface area (Å²) in [6.07, 6.45) is -6.73. The van der Waals surface area contributed by atoms with Crippen LogP contribution in [0.4, 0.5) is 13.2 Å². The first-order valence-corrected chi connectivity index (χ1v) is 6.79. The van der Waals surface area contributed by atoms with E-state index in [2.05, 4.69) is 31.9 Å². The molecule has 0 bridgehead atoms. The smallest absolute Gasteiger partial charge is 0.360 e. The van der Waals surface area contributed by atoms with E-state index in [1.54, 1.807) is 24.3 Å². The number of rotatable bonds is 4. The number of benzene rings is 1. The Hall–Kier alpha value is -0.0700. The van der Waals surface area contributed by atoms with Crippen LogP contribution in [0.5, 0.6) is 0 Å². The molecule has 0 radical (unpaired) electrons. The third-order valence-corrected chi connectivity index (χ3v) is 3.33. The van der Waals surface area contributed by atoms with Crippen molar-refractivity contribution in [3.8, 4) is 0 Å². The molecule has 0 spiro atoms. The Balaban J connectivity index is 2.75. The molecule has 0 aromatic heterocycles. The molecule has 2 unspecified atom stereocenters. The second kappa shape index (κ2) is 6.20. The third kappa shape index (κ3) is 4.60. The molecule has 0 N–H and O–H groups in total. The first kappa shape index (κ1) is 15.0. The lowest BCUT2D eigenvalue weighted by Crippen LogP contribution is -2.30. The molecule has 17 heavy (non-hydrogen) atoms. The first-order valence-electron chi connectivity index (χ1n) is 4.88. The van der Waals surface area contributed by atoms with Gasteiger partial charge in [0, 0.05) is 9.80 Å². The highest BCUT2D eigenvalue weighted by molar-refractivity contribution is 9.10. The van der Waals surface area contributed by atoms with Gasteiger partial charge in [-0.05, 0) is 24.6 Å². The van der Waals surface area contributed by atoms with Crippen LogP contribution >= 0.6 is 31.9 Å². The summed E-state index contributed by atoms with van der Waals surface area (Å²) >= 11 is 6.43. The van der Waals surface area contributed by atoms with Crippen LogP contribution in [0.25, 0.3) is 0 Å². The van der Waals surface area contributed by atoms with Crippen LogP contribution in [0, 0.1) is 0 Å². The van der Waals surface area contributed by atoms with Crippen LogP contribution in [0.15, 0.2) is 28.7 Å². The quantitative estimate of drug-likeness (QED) is 0.683. The molecule has 1 nitrogen and oxygen atoms in total. The predicted molar refractivity (Wildman–Crippen MR) is 67.3 cm³/mol. The molecule has 0 aliphatic heterocycles. The van der Waals surface area contributed by atoms with Crippen molar-refractivity contribution in [1.82, 2.24) is 0 Å². The van der Waals surface area contributed by atoms with Gasteiger partial charge in [0.25, 0.3) is 0 Å². The number of halogens is 5. The summed E-state index contributed by atoms with van der Waals surface area (Å²) in [6, 6.07) is 7.01. The Morgan fingerprint density at radius 2 is 1.76 bits per heavy atom. The molecule has 6 heteroatoms. The number of hydrogen-bond acceptors (Lipinski definition) is 1. The van der Waals surface area contributed by atoms with Gasteiger partial charge in [-0.15, -0.1) is 0 Å². The highest BCUT2D eigenvalue weighted by atomic mass is 79.9. The average molecular weight is 376 g/mol. The Kier molecular flexibility index (Phi) is 5.47. The molecule has 1 aromatic rings. The van der Waals surface area contributed by atoms with Gasteiger partial charge in [0.2, 0.25) is 0 Å². The van der Waals surface area contributed by atoms with Gasteiger partial charge in [-0.25, -0.2) is 0 Å². The molecule has 0 amide bonds. The lowest BCUT2D eigenvalue weighted by Gasteiger charge is -2.23. The van der Waals surface area contributed by atoms with Crippen molar-refractivity contribution in [3.05, 3.63) is 34.3 Å². The summed E-state index contributed by atoms with van der Waals surface area (Å²) in [5, 5.41) is 0.315. The molecule has 1 aromatic carbocycles. The van der Waals surface area contributed by atoms with Crippen LogP contribution in [0.3, 0.4) is 0 Å². The Morgan fingerprint density at radius 3 is 2.18 bits per heavy atom. The van der Waals surface area contributed by atoms with Gasteiger partial charge in [-0.1, -0.05) is 44.0 Å². The van der Waals surface area contributed by atoms with Crippen molar-refractivity contribution < 1.29 is 17.9 Å². The van der Waals surface area contributed by atoms with E-state index in [4.69, 9.17) is 4.74 Å². The van der Waals surface area contributed by atoms with E-state index in [0.717, 1.165) is 11.4 Å². The summed E-state index contributed by atoms with van der Waals surface area (Å²) in [6.45, 7) is 1.01. The Bertz CT molecular complexity index is 351. The van der Waals surface area contributed by atoms with Crippen molar-refractivity contribution in [1.29, 1.82) is 0 Å². The Morgan fingerprint density at radius 1 is 1.24 bits per heavy atom. The molecule has 0 aliphatic carbocycles. The van der Waals surface area contributed by atoms with E-state index in [1.807, 2.05) is 0 Å². The second-order valence-electron chi connectivity index (χ2n) is 3.51. The molecular weight excluding hydrogens is 365 g/mol. The van der Waals surface area contributed by atoms with Gasteiger partial charge >= 0.3 is 6.18 Å². The SMILES string of the molecule is CC(OC(CBr)c1ccc(Br)cc1)C(F)(F)F. The van der Waals surface area contributed by atoms with Crippen LogP contribution in [0.1, 0.15) is 18.6 Å². The van der Waals surface area contributed by atoms with E-state index in [1.165, 1.54) is 0 Å². The summed E-state index contributed by atoms with van der Waals surface area (Å²) in [7, 11) is 0. The molecule has 0 aliphatic rings. The summed E-state index contributed by atoms with van der Waals surface area (Å²) < 4.78 is 43.0. The lowest BCUT2D eigenvalue weighted by molar-refractivity contribution is -0.225. The maximum absolute atomic E-state index is 12.4. The fourth-order valence-electron chi connectivity index (χ4n) is 1.21. The van der Waals surface area contributed by atoms with Crippen LogP contribution in [-0.2, 0) is 4.74 Å². The lowest BCUT2D eigenvalue weighted by atomic mass is 10.1. The Labute approximate surface area is 115 Å². The van der Waals surface area contributed by atoms with Crippen LogP contribution in [-0.4, -0.2) is 17.6 Å². The van der Waals surface area contributed by atoms with E-state index < -0.39 is 18.4 Å². The zero-order valence-electron chi connectivity index (χ0n) is 8.97. The third-order valence-electron chi connectivity index (χ3n) is 2.21. The topological polar surface area (TPSA) is 9.23 Å². The fourth-order valence-corrected chi connectivity index (χ4v) is 2.00. The highest BCUT2D eigenvalue weighted by Gasteiger charge is 2.38. The van der Waals surface area contributed by atoms with Gasteiger partial charge in [0.15, 0.2) is 6.10 Å². The molecule has 0 saturated heterocycles. The zero-order chi connectivity index (χ0) is 13.1.